The van der Waals surface area contributed by atoms with Crippen molar-refractivity contribution in [2.75, 3.05) is 59.0 Å². The highest BCUT2D eigenvalue weighted by molar-refractivity contribution is 5.86. The molecular formula is C24H36N4O5. The van der Waals surface area contributed by atoms with E-state index in [0.717, 1.165) is 25.1 Å². The molecular weight excluding hydrogens is 424 g/mol. The zero-order chi connectivity index (χ0) is 23.6. The predicted octanol–water partition coefficient (Wildman–Crippen LogP) is 1.33. The number of ether oxygens (including phenoxy) is 2. The Morgan fingerprint density at radius 1 is 1.00 bits per heavy atom. The number of amides is 3. The van der Waals surface area contributed by atoms with Crippen molar-refractivity contribution in [1.29, 1.82) is 0 Å². The molecule has 0 aromatic heterocycles. The summed E-state index contributed by atoms with van der Waals surface area (Å²) in [7, 11) is 0. The van der Waals surface area contributed by atoms with Gasteiger partial charge in [0.05, 0.1) is 19.8 Å². The molecule has 2 atom stereocenters. The van der Waals surface area contributed by atoms with Crippen molar-refractivity contribution < 1.29 is 23.9 Å². The van der Waals surface area contributed by atoms with Gasteiger partial charge < -0.3 is 24.6 Å². The van der Waals surface area contributed by atoms with E-state index in [9.17, 15) is 14.4 Å². The highest BCUT2D eigenvalue weighted by atomic mass is 16.5. The van der Waals surface area contributed by atoms with Crippen LogP contribution in [0.2, 0.25) is 0 Å². The summed E-state index contributed by atoms with van der Waals surface area (Å²) < 4.78 is 10.7. The normalized spacial score (nSPS) is 19.0. The quantitative estimate of drug-likeness (QED) is 0.629. The molecule has 9 heteroatoms. The fourth-order valence-electron chi connectivity index (χ4n) is 4.00. The number of rotatable bonds is 8. The van der Waals surface area contributed by atoms with Gasteiger partial charge in [-0.15, -0.1) is 0 Å². The number of hydrogen-bond acceptors (Lipinski definition) is 6. The minimum absolute atomic E-state index is 0.0391. The lowest BCUT2D eigenvalue weighted by Crippen LogP contribution is -2.58. The van der Waals surface area contributed by atoms with Crippen LogP contribution < -0.4 is 5.32 Å². The molecule has 2 fully saturated rings. The number of piperazine rings is 1. The standard InChI is InChI=1S/C24H36N4O5/c1-3-19(2)22(25-24(31)33-18-20-7-5-4-6-8-20)23(30)28-11-9-27(10-12-28)21(29)17-26-13-15-32-16-14-26/h4-8,19,22H,3,9-18H2,1-2H3,(H,25,31)/t19-,22-/m0/s1. The summed E-state index contributed by atoms with van der Waals surface area (Å²) >= 11 is 0. The number of morpholine rings is 1. The number of alkyl carbamates (subject to hydrolysis) is 1. The summed E-state index contributed by atoms with van der Waals surface area (Å²) in [5.41, 5.74) is 0.886. The van der Waals surface area contributed by atoms with Crippen molar-refractivity contribution in [2.24, 2.45) is 5.92 Å². The molecule has 2 heterocycles. The van der Waals surface area contributed by atoms with Gasteiger partial charge in [0.15, 0.2) is 0 Å². The van der Waals surface area contributed by atoms with Gasteiger partial charge in [-0.25, -0.2) is 4.79 Å². The second-order valence-electron chi connectivity index (χ2n) is 8.66. The van der Waals surface area contributed by atoms with Gasteiger partial charge >= 0.3 is 6.09 Å². The minimum atomic E-state index is -0.658. The van der Waals surface area contributed by atoms with Crippen LogP contribution in [0.5, 0.6) is 0 Å². The average Bonchev–Trinajstić information content (AvgIpc) is 2.86. The highest BCUT2D eigenvalue weighted by Crippen LogP contribution is 2.14. The highest BCUT2D eigenvalue weighted by Gasteiger charge is 2.33. The first kappa shape index (κ1) is 25.0. The molecule has 33 heavy (non-hydrogen) atoms. The van der Waals surface area contributed by atoms with Crippen LogP contribution in [0, 0.1) is 5.92 Å². The number of benzene rings is 1. The summed E-state index contributed by atoms with van der Waals surface area (Å²) in [5, 5.41) is 2.77. The molecule has 0 spiro atoms. The monoisotopic (exact) mass is 460 g/mol. The number of nitrogens with one attached hydrogen (secondary N) is 1. The van der Waals surface area contributed by atoms with Crippen molar-refractivity contribution >= 4 is 17.9 Å². The Bertz CT molecular complexity index is 776. The Hall–Kier alpha value is -2.65. The molecule has 2 aliphatic heterocycles. The summed E-state index contributed by atoms with van der Waals surface area (Å²) in [5.74, 6) is -0.0749. The van der Waals surface area contributed by atoms with Crippen LogP contribution in [-0.4, -0.2) is 97.7 Å². The maximum Gasteiger partial charge on any atom is 0.408 e. The molecule has 182 valence electrons. The van der Waals surface area contributed by atoms with Crippen molar-refractivity contribution in [2.45, 2.75) is 32.9 Å². The van der Waals surface area contributed by atoms with E-state index in [1.807, 2.05) is 49.1 Å². The summed E-state index contributed by atoms with van der Waals surface area (Å²) in [6, 6.07) is 8.76. The third kappa shape index (κ3) is 7.43. The molecule has 0 bridgehead atoms. The van der Waals surface area contributed by atoms with Gasteiger partial charge in [0.2, 0.25) is 11.8 Å². The number of carbonyl (C=O) groups is 3. The van der Waals surface area contributed by atoms with E-state index in [0.29, 0.717) is 45.9 Å². The third-order valence-corrected chi connectivity index (χ3v) is 6.37. The van der Waals surface area contributed by atoms with E-state index in [2.05, 4.69) is 10.2 Å². The van der Waals surface area contributed by atoms with E-state index in [1.165, 1.54) is 0 Å². The van der Waals surface area contributed by atoms with Gasteiger partial charge in [-0.05, 0) is 11.5 Å². The molecule has 0 saturated carbocycles. The Balaban J connectivity index is 1.48. The zero-order valence-electron chi connectivity index (χ0n) is 19.7. The first-order valence-electron chi connectivity index (χ1n) is 11.8. The predicted molar refractivity (Wildman–Crippen MR) is 123 cm³/mol. The number of nitrogens with zero attached hydrogens (tertiary/aromatic N) is 3. The zero-order valence-corrected chi connectivity index (χ0v) is 19.7. The van der Waals surface area contributed by atoms with Gasteiger partial charge in [-0.1, -0.05) is 50.6 Å². The lowest BCUT2D eigenvalue weighted by Gasteiger charge is -2.38. The molecule has 0 unspecified atom stereocenters. The van der Waals surface area contributed by atoms with Crippen molar-refractivity contribution in [3.05, 3.63) is 35.9 Å². The van der Waals surface area contributed by atoms with Crippen LogP contribution in [0.15, 0.2) is 30.3 Å². The fraction of sp³-hybridized carbons (Fsp3) is 0.625. The Morgan fingerprint density at radius 3 is 2.27 bits per heavy atom. The summed E-state index contributed by atoms with van der Waals surface area (Å²) in [4.78, 5) is 43.9. The lowest BCUT2D eigenvalue weighted by atomic mass is 9.97. The van der Waals surface area contributed by atoms with Crippen molar-refractivity contribution in [1.82, 2.24) is 20.0 Å². The van der Waals surface area contributed by atoms with Crippen molar-refractivity contribution in [3.8, 4) is 0 Å². The van der Waals surface area contributed by atoms with Crippen molar-refractivity contribution in [3.63, 3.8) is 0 Å². The van der Waals surface area contributed by atoms with Crippen LogP contribution >= 0.6 is 0 Å². The van der Waals surface area contributed by atoms with E-state index >= 15 is 0 Å². The van der Waals surface area contributed by atoms with Gasteiger partial charge in [-0.2, -0.15) is 0 Å². The minimum Gasteiger partial charge on any atom is -0.445 e. The van der Waals surface area contributed by atoms with E-state index in [4.69, 9.17) is 9.47 Å². The topological polar surface area (TPSA) is 91.4 Å². The molecule has 0 aliphatic carbocycles. The smallest absolute Gasteiger partial charge is 0.408 e. The maximum absolute atomic E-state index is 13.2. The molecule has 9 nitrogen and oxygen atoms in total. The van der Waals surface area contributed by atoms with Gasteiger partial charge in [0.1, 0.15) is 12.6 Å². The second kappa shape index (κ2) is 12.6. The molecule has 3 amide bonds. The SMILES string of the molecule is CC[C@H](C)[C@H](NC(=O)OCc1ccccc1)C(=O)N1CCN(C(=O)CN2CCOCC2)CC1. The molecule has 0 radical (unpaired) electrons. The maximum atomic E-state index is 13.2. The van der Waals surface area contributed by atoms with E-state index in [1.54, 1.807) is 4.90 Å². The first-order chi connectivity index (χ1) is 16.0. The van der Waals surface area contributed by atoms with Crippen LogP contribution in [0.25, 0.3) is 0 Å². The second-order valence-corrected chi connectivity index (χ2v) is 8.66. The molecule has 1 N–H and O–H groups in total. The average molecular weight is 461 g/mol. The van der Waals surface area contributed by atoms with Gasteiger partial charge in [0.25, 0.3) is 0 Å². The lowest BCUT2D eigenvalue weighted by molar-refractivity contribution is -0.142. The van der Waals surface area contributed by atoms with Crippen LogP contribution in [-0.2, 0) is 25.7 Å². The third-order valence-electron chi connectivity index (χ3n) is 6.37. The Labute approximate surface area is 196 Å². The molecule has 2 saturated heterocycles. The number of hydrogen-bond donors (Lipinski definition) is 1. The molecule has 1 aromatic rings. The van der Waals surface area contributed by atoms with E-state index < -0.39 is 12.1 Å². The molecule has 3 rings (SSSR count). The molecule has 1 aromatic carbocycles. The summed E-state index contributed by atoms with van der Waals surface area (Å²) in [6.07, 6.45) is 0.143. The fourth-order valence-corrected chi connectivity index (χ4v) is 4.00. The van der Waals surface area contributed by atoms with Crippen LogP contribution in [0.4, 0.5) is 4.79 Å². The first-order valence-corrected chi connectivity index (χ1v) is 11.8. The number of carbonyl (C=O) groups excluding carboxylic acids is 3. The van der Waals surface area contributed by atoms with Gasteiger partial charge in [-0.3, -0.25) is 14.5 Å². The Morgan fingerprint density at radius 2 is 1.64 bits per heavy atom. The van der Waals surface area contributed by atoms with Crippen LogP contribution in [0.1, 0.15) is 25.8 Å². The Kier molecular flexibility index (Phi) is 9.50. The summed E-state index contributed by atoms with van der Waals surface area (Å²) in [6.45, 7) is 9.26. The van der Waals surface area contributed by atoms with Gasteiger partial charge in [0, 0.05) is 39.3 Å². The molecule has 2 aliphatic rings. The van der Waals surface area contributed by atoms with E-state index in [-0.39, 0.29) is 24.3 Å². The largest absolute Gasteiger partial charge is 0.445 e. The van der Waals surface area contributed by atoms with Crippen LogP contribution in [0.3, 0.4) is 0 Å².